The van der Waals surface area contributed by atoms with Crippen LogP contribution >= 0.6 is 11.8 Å². The molecule has 1 atom stereocenters. The molecule has 0 fully saturated rings. The number of hydrogen-bond donors (Lipinski definition) is 1. The molecule has 2 aromatic rings. The highest BCUT2D eigenvalue weighted by Crippen LogP contribution is 2.36. The minimum absolute atomic E-state index is 0.0592. The highest BCUT2D eigenvalue weighted by atomic mass is 32.2. The monoisotopic (exact) mass is 417 g/mol. The number of amides is 2. The number of hydrogen-bond acceptors (Lipinski definition) is 5. The molecule has 2 rings (SSSR count). The van der Waals surface area contributed by atoms with Crippen molar-refractivity contribution in [3.05, 3.63) is 41.7 Å². The molecule has 0 radical (unpaired) electrons. The highest BCUT2D eigenvalue weighted by molar-refractivity contribution is 8.00. The van der Waals surface area contributed by atoms with E-state index in [9.17, 15) is 9.59 Å². The van der Waals surface area contributed by atoms with Crippen molar-refractivity contribution >= 4 is 23.6 Å². The number of likely N-dealkylation sites (N-methyl/N-ethyl adjacent to an activating group) is 1. The van der Waals surface area contributed by atoms with Crippen LogP contribution in [0, 0.1) is 5.92 Å². The van der Waals surface area contributed by atoms with E-state index in [0.717, 1.165) is 11.4 Å². The number of aromatic nitrogens is 3. The van der Waals surface area contributed by atoms with E-state index in [1.165, 1.54) is 11.8 Å². The number of carbonyl (C=O) groups excluding carboxylic acids is 2. The third-order valence-corrected chi connectivity index (χ3v) is 5.78. The maximum Gasteiger partial charge on any atom is 0.240 e. The van der Waals surface area contributed by atoms with Gasteiger partial charge < -0.3 is 15.2 Å². The average Bonchev–Trinajstić information content (AvgIpc) is 3.06. The van der Waals surface area contributed by atoms with Crippen LogP contribution in [0.15, 0.2) is 35.5 Å². The number of benzene rings is 1. The minimum Gasteiger partial charge on any atom is -0.370 e. The van der Waals surface area contributed by atoms with Crippen molar-refractivity contribution in [3.63, 3.8) is 0 Å². The first-order chi connectivity index (χ1) is 13.9. The molecule has 0 aliphatic heterocycles. The molecule has 0 bridgehead atoms. The molecule has 1 aromatic carbocycles. The summed E-state index contributed by atoms with van der Waals surface area (Å²) in [4.78, 5) is 26.3. The Bertz CT molecular complexity index is 803. The lowest BCUT2D eigenvalue weighted by molar-refractivity contribution is -0.130. The number of nitrogens with zero attached hydrogens (tertiary/aromatic N) is 4. The molecular weight excluding hydrogens is 386 g/mol. The van der Waals surface area contributed by atoms with Crippen molar-refractivity contribution in [1.82, 2.24) is 19.7 Å². The number of aryl methyl sites for hydroxylation is 1. The maximum atomic E-state index is 13.3. The molecule has 1 aromatic heterocycles. The summed E-state index contributed by atoms with van der Waals surface area (Å²) in [6.07, 6.45) is 0.664. The zero-order valence-corrected chi connectivity index (χ0v) is 18.5. The summed E-state index contributed by atoms with van der Waals surface area (Å²) in [6.45, 7) is 10.2. The van der Waals surface area contributed by atoms with Gasteiger partial charge in [0.25, 0.3) is 0 Å². The molecular formula is C21H31N5O2S. The van der Waals surface area contributed by atoms with Crippen LogP contribution in [0.3, 0.4) is 0 Å². The van der Waals surface area contributed by atoms with E-state index in [4.69, 9.17) is 5.73 Å². The van der Waals surface area contributed by atoms with Crippen LogP contribution in [0.2, 0.25) is 0 Å². The van der Waals surface area contributed by atoms with E-state index in [0.29, 0.717) is 37.1 Å². The van der Waals surface area contributed by atoms with Crippen molar-refractivity contribution in [2.24, 2.45) is 11.7 Å². The van der Waals surface area contributed by atoms with Gasteiger partial charge in [-0.3, -0.25) is 9.59 Å². The zero-order valence-electron chi connectivity index (χ0n) is 17.7. The van der Waals surface area contributed by atoms with E-state index in [2.05, 4.69) is 24.0 Å². The lowest BCUT2D eigenvalue weighted by Crippen LogP contribution is -2.34. The van der Waals surface area contributed by atoms with Crippen molar-refractivity contribution in [2.45, 2.75) is 57.5 Å². The standard InChI is InChI=1S/C21H31N5O2S/c1-5-25(6-2)20(28)19(16-10-8-7-9-11-16)29-21-24-23-18(13-12-17(22)27)26(21)14-15(3)4/h7-11,15,19H,5-6,12-14H2,1-4H3,(H2,22,27). The fourth-order valence-electron chi connectivity index (χ4n) is 3.07. The number of thioether (sulfide) groups is 1. The van der Waals surface area contributed by atoms with Crippen molar-refractivity contribution in [2.75, 3.05) is 13.1 Å². The molecule has 2 N–H and O–H groups in total. The van der Waals surface area contributed by atoms with E-state index in [1.54, 1.807) is 0 Å². The summed E-state index contributed by atoms with van der Waals surface area (Å²) in [5.74, 6) is 0.787. The normalized spacial score (nSPS) is 12.2. The van der Waals surface area contributed by atoms with Crippen molar-refractivity contribution in [1.29, 1.82) is 0 Å². The molecule has 0 aliphatic rings. The fraction of sp³-hybridized carbons (Fsp3) is 0.524. The second kappa shape index (κ2) is 11.0. The fourth-order valence-corrected chi connectivity index (χ4v) is 4.22. The third-order valence-electron chi connectivity index (χ3n) is 4.56. The van der Waals surface area contributed by atoms with Crippen molar-refractivity contribution in [3.8, 4) is 0 Å². The topological polar surface area (TPSA) is 94.1 Å². The molecule has 29 heavy (non-hydrogen) atoms. The first-order valence-electron chi connectivity index (χ1n) is 10.1. The summed E-state index contributed by atoms with van der Waals surface area (Å²) < 4.78 is 2.02. The molecule has 0 aliphatic carbocycles. The Hall–Kier alpha value is -2.35. The van der Waals surface area contributed by atoms with Crippen LogP contribution in [-0.4, -0.2) is 44.6 Å². The van der Waals surface area contributed by atoms with Gasteiger partial charge in [0.15, 0.2) is 5.16 Å². The van der Waals surface area contributed by atoms with Crippen LogP contribution in [0.4, 0.5) is 0 Å². The van der Waals surface area contributed by atoms with E-state index < -0.39 is 5.25 Å². The van der Waals surface area contributed by atoms with Gasteiger partial charge in [-0.1, -0.05) is 55.9 Å². The lowest BCUT2D eigenvalue weighted by Gasteiger charge is -2.25. The van der Waals surface area contributed by atoms with E-state index in [-0.39, 0.29) is 18.2 Å². The van der Waals surface area contributed by atoms with Gasteiger partial charge in [0, 0.05) is 32.5 Å². The van der Waals surface area contributed by atoms with Gasteiger partial charge in [0.1, 0.15) is 11.1 Å². The Labute approximate surface area is 177 Å². The smallest absolute Gasteiger partial charge is 0.240 e. The van der Waals surface area contributed by atoms with Gasteiger partial charge in [0.05, 0.1) is 0 Å². The zero-order chi connectivity index (χ0) is 21.4. The minimum atomic E-state index is -0.407. The van der Waals surface area contributed by atoms with Gasteiger partial charge in [-0.2, -0.15) is 0 Å². The summed E-state index contributed by atoms with van der Waals surface area (Å²) in [5.41, 5.74) is 6.24. The second-order valence-electron chi connectivity index (χ2n) is 7.29. The highest BCUT2D eigenvalue weighted by Gasteiger charge is 2.28. The number of nitrogens with two attached hydrogens (primary N) is 1. The Morgan fingerprint density at radius 1 is 1.14 bits per heavy atom. The number of primary amides is 1. The Morgan fingerprint density at radius 2 is 1.79 bits per heavy atom. The van der Waals surface area contributed by atoms with Gasteiger partial charge >= 0.3 is 0 Å². The summed E-state index contributed by atoms with van der Waals surface area (Å²) in [6, 6.07) is 9.76. The summed E-state index contributed by atoms with van der Waals surface area (Å²) >= 11 is 1.41. The van der Waals surface area contributed by atoms with Gasteiger partial charge in [0.2, 0.25) is 11.8 Å². The molecule has 1 unspecified atom stereocenters. The maximum absolute atomic E-state index is 13.3. The van der Waals surface area contributed by atoms with Crippen LogP contribution in [-0.2, 0) is 22.6 Å². The lowest BCUT2D eigenvalue weighted by atomic mass is 10.1. The first kappa shape index (κ1) is 22.9. The predicted molar refractivity (Wildman–Crippen MR) is 115 cm³/mol. The molecule has 0 saturated heterocycles. The molecule has 1 heterocycles. The molecule has 158 valence electrons. The Balaban J connectivity index is 2.39. The van der Waals surface area contributed by atoms with E-state index >= 15 is 0 Å². The van der Waals surface area contributed by atoms with Crippen LogP contribution < -0.4 is 5.73 Å². The summed E-state index contributed by atoms with van der Waals surface area (Å²) in [5, 5.41) is 8.93. The van der Waals surface area contributed by atoms with Crippen LogP contribution in [0.25, 0.3) is 0 Å². The van der Waals surface area contributed by atoms with Crippen LogP contribution in [0.5, 0.6) is 0 Å². The summed E-state index contributed by atoms with van der Waals surface area (Å²) in [7, 11) is 0. The molecule has 8 heteroatoms. The molecule has 7 nitrogen and oxygen atoms in total. The average molecular weight is 418 g/mol. The van der Waals surface area contributed by atoms with Gasteiger partial charge in [-0.15, -0.1) is 10.2 Å². The van der Waals surface area contributed by atoms with Crippen molar-refractivity contribution < 1.29 is 9.59 Å². The predicted octanol–water partition coefficient (Wildman–Crippen LogP) is 3.05. The molecule has 2 amide bonds. The third kappa shape index (κ3) is 6.32. The quantitative estimate of drug-likeness (QED) is 0.567. The Morgan fingerprint density at radius 3 is 2.34 bits per heavy atom. The molecule has 0 spiro atoms. The Kier molecular flexibility index (Phi) is 8.70. The van der Waals surface area contributed by atoms with Gasteiger partial charge in [-0.05, 0) is 25.3 Å². The number of rotatable bonds is 11. The van der Waals surface area contributed by atoms with Crippen LogP contribution in [0.1, 0.15) is 50.8 Å². The largest absolute Gasteiger partial charge is 0.370 e. The van der Waals surface area contributed by atoms with Gasteiger partial charge in [-0.25, -0.2) is 0 Å². The van der Waals surface area contributed by atoms with E-state index in [1.807, 2.05) is 53.6 Å². The number of carbonyl (C=O) groups is 2. The first-order valence-corrected chi connectivity index (χ1v) is 11.0. The second-order valence-corrected chi connectivity index (χ2v) is 8.36. The molecule has 0 saturated carbocycles. The SMILES string of the molecule is CCN(CC)C(=O)C(Sc1nnc(CCC(N)=O)n1CC(C)C)c1ccccc1.